The summed E-state index contributed by atoms with van der Waals surface area (Å²) in [6.45, 7) is 5.82. The highest BCUT2D eigenvalue weighted by Crippen LogP contribution is 2.23. The molecule has 0 fully saturated rings. The first-order valence-corrected chi connectivity index (χ1v) is 10.9. The zero-order valence-corrected chi connectivity index (χ0v) is 18.0. The first-order chi connectivity index (χ1) is 13.7. The standard InChI is InChI=1S/C20H28N4O4S/c1-5-15-7-9-17(10-8-15)29(27,28)22-16-13-18(20(25)26)19(21-14-16)24(6-2)12-11-23(3)4/h7-10,13-14,22H,5-6,11-12H2,1-4H3,(H,25,26). The van der Waals surface area contributed by atoms with E-state index in [4.69, 9.17) is 0 Å². The van der Waals surface area contributed by atoms with Crippen molar-refractivity contribution in [1.29, 1.82) is 0 Å². The Labute approximate surface area is 172 Å². The molecular formula is C20H28N4O4S. The molecule has 0 saturated heterocycles. The minimum atomic E-state index is -3.84. The Bertz CT molecular complexity index is 943. The van der Waals surface area contributed by atoms with Crippen LogP contribution in [0.3, 0.4) is 0 Å². The molecule has 0 unspecified atom stereocenters. The second-order valence-corrected chi connectivity index (χ2v) is 8.57. The molecule has 0 bridgehead atoms. The van der Waals surface area contributed by atoms with Gasteiger partial charge < -0.3 is 14.9 Å². The lowest BCUT2D eigenvalue weighted by Crippen LogP contribution is -2.33. The van der Waals surface area contributed by atoms with Gasteiger partial charge in [-0.1, -0.05) is 19.1 Å². The summed E-state index contributed by atoms with van der Waals surface area (Å²) in [5.41, 5.74) is 1.09. The zero-order valence-electron chi connectivity index (χ0n) is 17.2. The molecule has 0 saturated carbocycles. The van der Waals surface area contributed by atoms with Crippen LogP contribution in [-0.2, 0) is 16.4 Å². The SMILES string of the molecule is CCc1ccc(S(=O)(=O)Nc2cnc(N(CC)CCN(C)C)c(C(=O)O)c2)cc1. The number of nitrogens with zero attached hydrogens (tertiary/aromatic N) is 3. The Balaban J connectivity index is 2.32. The van der Waals surface area contributed by atoms with E-state index in [2.05, 4.69) is 9.71 Å². The number of carboxylic acids is 1. The molecule has 0 atom stereocenters. The van der Waals surface area contributed by atoms with Crippen LogP contribution in [0.25, 0.3) is 0 Å². The van der Waals surface area contributed by atoms with E-state index in [0.717, 1.165) is 18.5 Å². The average molecular weight is 421 g/mol. The van der Waals surface area contributed by atoms with Gasteiger partial charge in [-0.2, -0.15) is 0 Å². The summed E-state index contributed by atoms with van der Waals surface area (Å²) in [6, 6.07) is 7.87. The molecule has 1 heterocycles. The van der Waals surface area contributed by atoms with Crippen LogP contribution in [0.1, 0.15) is 29.8 Å². The van der Waals surface area contributed by atoms with Crippen LogP contribution >= 0.6 is 0 Å². The fourth-order valence-corrected chi connectivity index (χ4v) is 3.81. The van der Waals surface area contributed by atoms with Crippen LogP contribution in [0.15, 0.2) is 41.4 Å². The summed E-state index contributed by atoms with van der Waals surface area (Å²) in [6.07, 6.45) is 2.15. The predicted molar refractivity (Wildman–Crippen MR) is 114 cm³/mol. The number of rotatable bonds is 10. The van der Waals surface area contributed by atoms with Gasteiger partial charge >= 0.3 is 5.97 Å². The number of aromatic carboxylic acids is 1. The summed E-state index contributed by atoms with van der Waals surface area (Å²) in [7, 11) is 0.0255. The molecule has 158 valence electrons. The number of carboxylic acid groups (broad SMARTS) is 1. The Hall–Kier alpha value is -2.65. The molecule has 0 radical (unpaired) electrons. The first-order valence-electron chi connectivity index (χ1n) is 9.42. The van der Waals surface area contributed by atoms with Gasteiger partial charge in [-0.15, -0.1) is 0 Å². The van der Waals surface area contributed by atoms with E-state index in [1.165, 1.54) is 24.4 Å². The first kappa shape index (κ1) is 22.6. The molecule has 0 aliphatic rings. The molecule has 2 aromatic rings. The van der Waals surface area contributed by atoms with E-state index < -0.39 is 16.0 Å². The highest BCUT2D eigenvalue weighted by atomic mass is 32.2. The molecule has 0 aliphatic heterocycles. The molecule has 2 N–H and O–H groups in total. The molecule has 1 aromatic carbocycles. The number of hydrogen-bond donors (Lipinski definition) is 2. The Morgan fingerprint density at radius 2 is 1.79 bits per heavy atom. The van der Waals surface area contributed by atoms with Gasteiger partial charge in [0.15, 0.2) is 0 Å². The highest BCUT2D eigenvalue weighted by Gasteiger charge is 2.20. The topological polar surface area (TPSA) is 103 Å². The monoisotopic (exact) mass is 420 g/mol. The normalized spacial score (nSPS) is 11.5. The fraction of sp³-hybridized carbons (Fsp3) is 0.400. The zero-order chi connectivity index (χ0) is 21.6. The van der Waals surface area contributed by atoms with Crippen molar-refractivity contribution in [3.05, 3.63) is 47.7 Å². The molecule has 0 amide bonds. The van der Waals surface area contributed by atoms with Gasteiger partial charge in [-0.05, 0) is 51.2 Å². The van der Waals surface area contributed by atoms with E-state index in [1.807, 2.05) is 37.7 Å². The number of nitrogens with one attached hydrogen (secondary N) is 1. The maximum absolute atomic E-state index is 12.6. The summed E-state index contributed by atoms with van der Waals surface area (Å²) < 4.78 is 27.7. The van der Waals surface area contributed by atoms with Crippen molar-refractivity contribution in [1.82, 2.24) is 9.88 Å². The van der Waals surface area contributed by atoms with Gasteiger partial charge in [0.1, 0.15) is 11.4 Å². The van der Waals surface area contributed by atoms with Crippen LogP contribution in [0.5, 0.6) is 0 Å². The van der Waals surface area contributed by atoms with Gasteiger partial charge in [0, 0.05) is 19.6 Å². The minimum absolute atomic E-state index is 0.0489. The van der Waals surface area contributed by atoms with E-state index in [1.54, 1.807) is 12.1 Å². The van der Waals surface area contributed by atoms with Gasteiger partial charge in [-0.25, -0.2) is 18.2 Å². The van der Waals surface area contributed by atoms with Crippen molar-refractivity contribution in [3.8, 4) is 0 Å². The van der Waals surface area contributed by atoms with Crippen molar-refractivity contribution in [2.45, 2.75) is 25.2 Å². The van der Waals surface area contributed by atoms with Crippen molar-refractivity contribution < 1.29 is 18.3 Å². The van der Waals surface area contributed by atoms with Gasteiger partial charge in [0.25, 0.3) is 10.0 Å². The molecule has 0 aliphatic carbocycles. The van der Waals surface area contributed by atoms with Crippen molar-refractivity contribution in [2.75, 3.05) is 43.4 Å². The quantitative estimate of drug-likeness (QED) is 0.609. The van der Waals surface area contributed by atoms with Gasteiger partial charge in [0.05, 0.1) is 16.8 Å². The molecule has 8 nitrogen and oxygen atoms in total. The number of likely N-dealkylation sites (N-methyl/N-ethyl adjacent to an activating group) is 2. The number of pyridine rings is 1. The fourth-order valence-electron chi connectivity index (χ4n) is 2.78. The lowest BCUT2D eigenvalue weighted by molar-refractivity contribution is 0.0697. The molecule has 29 heavy (non-hydrogen) atoms. The summed E-state index contributed by atoms with van der Waals surface area (Å²) in [5, 5.41) is 9.63. The maximum Gasteiger partial charge on any atom is 0.339 e. The van der Waals surface area contributed by atoms with Crippen molar-refractivity contribution in [2.24, 2.45) is 0 Å². The summed E-state index contributed by atoms with van der Waals surface area (Å²) in [4.78, 5) is 20.0. The Morgan fingerprint density at radius 1 is 1.14 bits per heavy atom. The third kappa shape index (κ3) is 5.91. The third-order valence-electron chi connectivity index (χ3n) is 4.49. The summed E-state index contributed by atoms with van der Waals surface area (Å²) in [5.74, 6) is -0.846. The lowest BCUT2D eigenvalue weighted by atomic mass is 10.2. The molecule has 0 spiro atoms. The largest absolute Gasteiger partial charge is 0.478 e. The number of sulfonamides is 1. The van der Waals surface area contributed by atoms with E-state index in [-0.39, 0.29) is 16.1 Å². The van der Waals surface area contributed by atoms with Gasteiger partial charge in [-0.3, -0.25) is 4.72 Å². The number of hydrogen-bond acceptors (Lipinski definition) is 6. The number of aryl methyl sites for hydroxylation is 1. The molecular weight excluding hydrogens is 392 g/mol. The van der Waals surface area contributed by atoms with E-state index >= 15 is 0 Å². The van der Waals surface area contributed by atoms with Crippen LogP contribution in [-0.4, -0.2) is 63.1 Å². The Kier molecular flexibility index (Phi) is 7.58. The number of anilines is 2. The number of benzene rings is 1. The minimum Gasteiger partial charge on any atom is -0.478 e. The van der Waals surface area contributed by atoms with Crippen molar-refractivity contribution >= 4 is 27.5 Å². The number of carbonyl (C=O) groups is 1. The molecule has 9 heteroatoms. The highest BCUT2D eigenvalue weighted by molar-refractivity contribution is 7.92. The molecule has 2 rings (SSSR count). The smallest absolute Gasteiger partial charge is 0.339 e. The van der Waals surface area contributed by atoms with Crippen LogP contribution in [0.4, 0.5) is 11.5 Å². The Morgan fingerprint density at radius 3 is 2.31 bits per heavy atom. The van der Waals surface area contributed by atoms with Crippen LogP contribution in [0.2, 0.25) is 0 Å². The van der Waals surface area contributed by atoms with Crippen LogP contribution < -0.4 is 9.62 Å². The average Bonchev–Trinajstić information content (AvgIpc) is 2.68. The number of aromatic nitrogens is 1. The lowest BCUT2D eigenvalue weighted by Gasteiger charge is -2.25. The molecule has 1 aromatic heterocycles. The van der Waals surface area contributed by atoms with Crippen LogP contribution in [0, 0.1) is 0 Å². The maximum atomic E-state index is 12.6. The summed E-state index contributed by atoms with van der Waals surface area (Å²) >= 11 is 0. The van der Waals surface area contributed by atoms with E-state index in [9.17, 15) is 18.3 Å². The van der Waals surface area contributed by atoms with E-state index in [0.29, 0.717) is 18.9 Å². The third-order valence-corrected chi connectivity index (χ3v) is 5.89. The van der Waals surface area contributed by atoms with Gasteiger partial charge in [0.2, 0.25) is 0 Å². The second-order valence-electron chi connectivity index (χ2n) is 6.89. The second kappa shape index (κ2) is 9.71. The predicted octanol–water partition coefficient (Wildman–Crippen LogP) is 2.53. The van der Waals surface area contributed by atoms with Crippen molar-refractivity contribution in [3.63, 3.8) is 0 Å².